The number of H-pyrrole nitrogens is 1. The number of carboxylic acid groups (broad SMARTS) is 1. The van der Waals surface area contributed by atoms with Gasteiger partial charge in [-0.1, -0.05) is 19.8 Å². The molecule has 3 fully saturated rings. The van der Waals surface area contributed by atoms with Gasteiger partial charge in [0.25, 0.3) is 0 Å². The smallest absolute Gasteiger partial charge is 0.340 e. The highest BCUT2D eigenvalue weighted by molar-refractivity contribution is 5.88. The Bertz CT molecular complexity index is 2230. The summed E-state index contributed by atoms with van der Waals surface area (Å²) < 4.78 is 27.5. The van der Waals surface area contributed by atoms with E-state index in [0.717, 1.165) is 43.5 Å². The number of esters is 1. The Morgan fingerprint density at radius 2 is 1.47 bits per heavy atom. The number of benzene rings is 2. The third-order valence-electron chi connectivity index (χ3n) is 10.9. The van der Waals surface area contributed by atoms with E-state index < -0.39 is 96.0 Å². The number of phenols is 3. The van der Waals surface area contributed by atoms with E-state index in [0.29, 0.717) is 5.56 Å². The maximum Gasteiger partial charge on any atom is 0.340 e. The van der Waals surface area contributed by atoms with Crippen LogP contribution < -0.4 is 10.2 Å². The van der Waals surface area contributed by atoms with Crippen molar-refractivity contribution in [2.45, 2.75) is 106 Å². The van der Waals surface area contributed by atoms with Crippen molar-refractivity contribution in [1.82, 2.24) is 4.98 Å². The number of aromatic nitrogens is 1. The van der Waals surface area contributed by atoms with Crippen LogP contribution in [0.25, 0.3) is 22.3 Å². The van der Waals surface area contributed by atoms with Crippen molar-refractivity contribution in [2.24, 2.45) is 0 Å². The zero-order valence-electron chi connectivity index (χ0n) is 30.1. The van der Waals surface area contributed by atoms with E-state index in [2.05, 4.69) is 11.9 Å². The van der Waals surface area contributed by atoms with Crippen LogP contribution in [0.1, 0.15) is 49.4 Å². The first-order valence-corrected chi connectivity index (χ1v) is 18.0. The number of hydrogen-bond acceptors (Lipinski definition) is 17. The molecule has 1 aliphatic carbocycles. The predicted octanol–water partition coefficient (Wildman–Crippen LogP) is -0.0508. The number of carbonyl (C=O) groups excluding carboxylic acids is 1. The summed E-state index contributed by atoms with van der Waals surface area (Å²) in [4.78, 5) is 41.7. The summed E-state index contributed by atoms with van der Waals surface area (Å²) >= 11 is 0. The highest BCUT2D eigenvalue weighted by Gasteiger charge is 2.52. The van der Waals surface area contributed by atoms with Crippen molar-refractivity contribution < 1.29 is 84.0 Å². The first kappa shape index (κ1) is 40.0. The van der Waals surface area contributed by atoms with Gasteiger partial charge < -0.3 is 79.4 Å². The van der Waals surface area contributed by atoms with E-state index in [1.165, 1.54) is 18.2 Å². The van der Waals surface area contributed by atoms with Crippen molar-refractivity contribution >= 4 is 22.9 Å². The molecule has 19 nitrogen and oxygen atoms in total. The molecule has 4 heterocycles. The molecule has 0 amide bonds. The minimum Gasteiger partial charge on any atom is -0.507 e. The molecule has 0 unspecified atom stereocenters. The number of phenolic OH excluding ortho intramolecular Hbond substituents is 3. The van der Waals surface area contributed by atoms with Crippen molar-refractivity contribution in [3.63, 3.8) is 0 Å². The highest BCUT2D eigenvalue weighted by atomic mass is 16.7. The molecule has 0 spiro atoms. The number of carboxylic acids is 1. The van der Waals surface area contributed by atoms with Crippen molar-refractivity contribution in [2.75, 3.05) is 0 Å². The molecule has 19 heteroatoms. The number of hydrogen-bond donors (Lipinski definition) is 11. The average Bonchev–Trinajstić information content (AvgIpc) is 3.84. The maximum atomic E-state index is 13.6. The lowest BCUT2D eigenvalue weighted by atomic mass is 9.85. The molecule has 2 aromatic carbocycles. The molecule has 0 radical (unpaired) electrons. The lowest BCUT2D eigenvalue weighted by Gasteiger charge is -2.41. The molecule has 7 rings (SSSR count). The van der Waals surface area contributed by atoms with Crippen molar-refractivity contribution in [3.05, 3.63) is 69.6 Å². The van der Waals surface area contributed by atoms with Crippen LogP contribution in [-0.4, -0.2) is 129 Å². The molecule has 10 atom stereocenters. The standard InChI is InChI=1S/C38H41NO18/c1-38(6-2-3-7-38)23-9-14(13-39-23)8-16-21(12-22-24(25(16)43)19(42)11-20(53-22)15-4-5-17(40)18(41)10-15)54-36-30(48)27(45)29(47)33(56-36)35(52)57-37-31(49)26(44)28(46)32(55-37)34(50)51/h4-5,9-13,26-33,36-37,39-41,43-49H,2-3,6-8H2,1H3,(H,50,51)/t26-,27-,28-,29-,30+,31+,32-,33-,36-,37+/m0/s1. The van der Waals surface area contributed by atoms with E-state index in [-0.39, 0.29) is 45.4 Å². The summed E-state index contributed by atoms with van der Waals surface area (Å²) in [5, 5.41) is 104. The Balaban J connectivity index is 1.24. The summed E-state index contributed by atoms with van der Waals surface area (Å²) in [5.74, 6) is -5.25. The summed E-state index contributed by atoms with van der Waals surface area (Å²) in [5.41, 5.74) is 0.675. The molecule has 3 aliphatic rings. The fraction of sp³-hybridized carbons (Fsp3) is 0.447. The molecule has 306 valence electrons. The largest absolute Gasteiger partial charge is 0.507 e. The van der Waals surface area contributed by atoms with Gasteiger partial charge in [0.1, 0.15) is 64.9 Å². The molecule has 0 bridgehead atoms. The normalized spacial score (nSPS) is 29.9. The number of aliphatic carboxylic acids is 1. The van der Waals surface area contributed by atoms with Crippen LogP contribution in [-0.2, 0) is 35.6 Å². The second-order valence-corrected chi connectivity index (χ2v) is 14.8. The maximum absolute atomic E-state index is 13.6. The van der Waals surface area contributed by atoms with E-state index in [1.807, 2.05) is 6.07 Å². The molecular formula is C38H41NO18. The summed E-state index contributed by atoms with van der Waals surface area (Å²) in [6.07, 6.45) is -15.8. The van der Waals surface area contributed by atoms with Crippen molar-refractivity contribution in [1.29, 1.82) is 0 Å². The van der Waals surface area contributed by atoms with E-state index in [1.54, 1.807) is 6.20 Å². The van der Waals surface area contributed by atoms with Crippen LogP contribution >= 0.6 is 0 Å². The van der Waals surface area contributed by atoms with E-state index >= 15 is 0 Å². The molecule has 2 saturated heterocycles. The van der Waals surface area contributed by atoms with E-state index in [9.17, 15) is 65.4 Å². The number of carbonyl (C=O) groups is 2. The summed E-state index contributed by atoms with van der Waals surface area (Å²) in [6, 6.07) is 7.83. The number of aromatic hydroxyl groups is 3. The van der Waals surface area contributed by atoms with Gasteiger partial charge in [0.2, 0.25) is 12.6 Å². The second kappa shape index (κ2) is 15.3. The van der Waals surface area contributed by atoms with Gasteiger partial charge in [0.05, 0.1) is 0 Å². The Hall–Kier alpha value is -5.25. The third kappa shape index (κ3) is 7.39. The Labute approximate surface area is 321 Å². The average molecular weight is 800 g/mol. The van der Waals surface area contributed by atoms with Gasteiger partial charge in [-0.3, -0.25) is 4.79 Å². The van der Waals surface area contributed by atoms with Gasteiger partial charge >= 0.3 is 11.9 Å². The second-order valence-electron chi connectivity index (χ2n) is 14.8. The first-order valence-electron chi connectivity index (χ1n) is 18.0. The fourth-order valence-corrected chi connectivity index (χ4v) is 7.53. The monoisotopic (exact) mass is 799 g/mol. The minimum absolute atomic E-state index is 0.0199. The molecular weight excluding hydrogens is 758 g/mol. The Morgan fingerprint density at radius 1 is 0.825 bits per heavy atom. The zero-order valence-corrected chi connectivity index (χ0v) is 30.1. The van der Waals surface area contributed by atoms with Gasteiger partial charge in [0, 0.05) is 47.0 Å². The number of aromatic amines is 1. The fourth-order valence-electron chi connectivity index (χ4n) is 7.53. The number of nitrogens with one attached hydrogen (secondary N) is 1. The van der Waals surface area contributed by atoms with Crippen LogP contribution in [0.4, 0.5) is 0 Å². The number of aliphatic hydroxyl groups is 6. The molecule has 2 aromatic heterocycles. The number of ether oxygens (including phenoxy) is 4. The SMILES string of the molecule is CC1(c2cc(Cc3c(O[C@H]4O[C@H](C(=O)O[C@H]5O[C@H](C(=O)O)[C@@H](O)[C@H](O)[C@H]5O)[C@@H](O)[C@H](O)[C@H]4O)cc4oc(-c5ccc(O)c(O)c5)cc(=O)c4c3O)c[nH]2)CCCC1. The van der Waals surface area contributed by atoms with Crippen LogP contribution in [0.3, 0.4) is 0 Å². The van der Waals surface area contributed by atoms with Crippen molar-refractivity contribution in [3.8, 4) is 34.3 Å². The summed E-state index contributed by atoms with van der Waals surface area (Å²) in [7, 11) is 0. The molecule has 4 aromatic rings. The van der Waals surface area contributed by atoms with Crippen LogP contribution in [0.5, 0.6) is 23.0 Å². The first-order chi connectivity index (χ1) is 27.0. The van der Waals surface area contributed by atoms with E-state index in [4.69, 9.17) is 23.4 Å². The molecule has 57 heavy (non-hydrogen) atoms. The van der Waals surface area contributed by atoms with Crippen LogP contribution in [0.2, 0.25) is 0 Å². The lowest BCUT2D eigenvalue weighted by molar-refractivity contribution is -0.302. The minimum atomic E-state index is -2.21. The van der Waals surface area contributed by atoms with Gasteiger partial charge in [-0.15, -0.1) is 0 Å². The molecule has 1 saturated carbocycles. The zero-order chi connectivity index (χ0) is 41.1. The highest BCUT2D eigenvalue weighted by Crippen LogP contribution is 2.43. The van der Waals surface area contributed by atoms with Gasteiger partial charge in [-0.2, -0.15) is 0 Å². The van der Waals surface area contributed by atoms with Crippen LogP contribution in [0.15, 0.2) is 51.8 Å². The summed E-state index contributed by atoms with van der Waals surface area (Å²) in [6.45, 7) is 2.13. The number of rotatable bonds is 9. The quantitative estimate of drug-likeness (QED) is 0.0781. The topological polar surface area (TPSA) is 319 Å². The molecule has 2 aliphatic heterocycles. The number of aliphatic hydroxyl groups excluding tert-OH is 6. The Kier molecular flexibility index (Phi) is 10.7. The lowest BCUT2D eigenvalue weighted by Crippen LogP contribution is -2.63. The van der Waals surface area contributed by atoms with Gasteiger partial charge in [-0.05, 0) is 42.7 Å². The predicted molar refractivity (Wildman–Crippen MR) is 190 cm³/mol. The van der Waals surface area contributed by atoms with Gasteiger partial charge in [0.15, 0.2) is 29.1 Å². The van der Waals surface area contributed by atoms with Gasteiger partial charge in [-0.25, -0.2) is 9.59 Å². The Morgan fingerprint density at radius 3 is 2.14 bits per heavy atom. The van der Waals surface area contributed by atoms with Crippen LogP contribution in [0, 0.1) is 0 Å². The number of fused-ring (bicyclic) bond motifs is 1. The third-order valence-corrected chi connectivity index (χ3v) is 10.9. The molecule has 11 N–H and O–H groups in total.